The average molecular weight is 335 g/mol. The number of aryl methyl sites for hydroxylation is 1. The molecule has 1 amide bonds. The first kappa shape index (κ1) is 19.7. The number of pyridine rings is 1. The zero-order valence-electron chi connectivity index (χ0n) is 15.3. The fourth-order valence-corrected chi connectivity index (χ4v) is 1.98. The Morgan fingerprint density at radius 3 is 2.50 bits per heavy atom. The smallest absolute Gasteiger partial charge is 0.407 e. The van der Waals surface area contributed by atoms with Crippen LogP contribution in [0.5, 0.6) is 0 Å². The molecular weight excluding hydrogens is 306 g/mol. The van der Waals surface area contributed by atoms with Crippen LogP contribution in [0, 0.1) is 6.92 Å². The fraction of sp³-hybridized carbons (Fsp3) is 0.588. The van der Waals surface area contributed by atoms with Gasteiger partial charge >= 0.3 is 6.09 Å². The summed E-state index contributed by atoms with van der Waals surface area (Å²) in [5.74, 6) is 0.702. The van der Waals surface area contributed by atoms with Crippen molar-refractivity contribution < 1.29 is 9.53 Å². The normalized spacial score (nSPS) is 11.8. The first-order chi connectivity index (χ1) is 11.3. The lowest BCUT2D eigenvalue weighted by molar-refractivity contribution is 0.0529. The Hall–Kier alpha value is -2.31. The number of amides is 1. The standard InChI is InChI=1S/C17H29N5O2/c1-13-12-19-8-6-14(13)7-9-20-15(18-5)21-10-11-22-16(23)24-17(2,3)4/h6,8,12H,7,9-11H2,1-5H3,(H,22,23)(H2,18,20,21). The molecule has 0 saturated carbocycles. The van der Waals surface area contributed by atoms with Gasteiger partial charge in [-0.3, -0.25) is 9.98 Å². The third-order valence-corrected chi connectivity index (χ3v) is 3.13. The molecule has 24 heavy (non-hydrogen) atoms. The Morgan fingerprint density at radius 1 is 1.21 bits per heavy atom. The van der Waals surface area contributed by atoms with E-state index in [1.54, 1.807) is 13.2 Å². The second-order valence-electron chi connectivity index (χ2n) is 6.41. The quantitative estimate of drug-likeness (QED) is 0.418. The highest BCUT2D eigenvalue weighted by Crippen LogP contribution is 2.06. The van der Waals surface area contributed by atoms with Crippen LogP contribution >= 0.6 is 0 Å². The van der Waals surface area contributed by atoms with Gasteiger partial charge in [0, 0.05) is 39.1 Å². The van der Waals surface area contributed by atoms with Crippen LogP contribution < -0.4 is 16.0 Å². The molecule has 7 nitrogen and oxygen atoms in total. The third-order valence-electron chi connectivity index (χ3n) is 3.13. The van der Waals surface area contributed by atoms with Crippen LogP contribution in [0.15, 0.2) is 23.5 Å². The zero-order valence-corrected chi connectivity index (χ0v) is 15.3. The van der Waals surface area contributed by atoms with Crippen LogP contribution in [-0.2, 0) is 11.2 Å². The van der Waals surface area contributed by atoms with Crippen molar-refractivity contribution in [2.45, 2.75) is 39.7 Å². The lowest BCUT2D eigenvalue weighted by atomic mass is 10.1. The predicted molar refractivity (Wildman–Crippen MR) is 96.3 cm³/mol. The highest BCUT2D eigenvalue weighted by molar-refractivity contribution is 5.79. The van der Waals surface area contributed by atoms with Crippen molar-refractivity contribution in [1.82, 2.24) is 20.9 Å². The minimum Gasteiger partial charge on any atom is -0.444 e. The summed E-state index contributed by atoms with van der Waals surface area (Å²) < 4.78 is 5.17. The van der Waals surface area contributed by atoms with Crippen molar-refractivity contribution >= 4 is 12.1 Å². The van der Waals surface area contributed by atoms with Gasteiger partial charge in [-0.2, -0.15) is 0 Å². The number of carbonyl (C=O) groups is 1. The van der Waals surface area contributed by atoms with Crippen LogP contribution in [0.1, 0.15) is 31.9 Å². The van der Waals surface area contributed by atoms with Gasteiger partial charge in [0.05, 0.1) is 0 Å². The lowest BCUT2D eigenvalue weighted by Crippen LogP contribution is -2.43. The van der Waals surface area contributed by atoms with Gasteiger partial charge in [-0.1, -0.05) is 0 Å². The highest BCUT2D eigenvalue weighted by Gasteiger charge is 2.15. The molecule has 0 bridgehead atoms. The molecule has 1 rings (SSSR count). The van der Waals surface area contributed by atoms with E-state index in [1.807, 2.05) is 33.0 Å². The zero-order chi connectivity index (χ0) is 18.0. The van der Waals surface area contributed by atoms with Gasteiger partial charge < -0.3 is 20.7 Å². The van der Waals surface area contributed by atoms with E-state index in [4.69, 9.17) is 4.74 Å². The number of nitrogens with one attached hydrogen (secondary N) is 3. The Balaban J connectivity index is 2.21. The number of nitrogens with zero attached hydrogens (tertiary/aromatic N) is 2. The molecule has 0 fully saturated rings. The topological polar surface area (TPSA) is 87.6 Å². The molecule has 0 aliphatic heterocycles. The van der Waals surface area contributed by atoms with Crippen LogP contribution in [0.4, 0.5) is 4.79 Å². The lowest BCUT2D eigenvalue weighted by Gasteiger charge is -2.20. The monoisotopic (exact) mass is 335 g/mol. The minimum atomic E-state index is -0.486. The maximum atomic E-state index is 11.5. The molecule has 0 radical (unpaired) electrons. The SMILES string of the molecule is CN=C(NCCNC(=O)OC(C)(C)C)NCCc1ccncc1C. The fourth-order valence-electron chi connectivity index (χ4n) is 1.98. The number of rotatable bonds is 6. The molecule has 1 heterocycles. The Kier molecular flexibility index (Phi) is 8.01. The molecule has 1 aromatic rings. The number of aromatic nitrogens is 1. The number of hydrogen-bond donors (Lipinski definition) is 3. The largest absolute Gasteiger partial charge is 0.444 e. The van der Waals surface area contributed by atoms with E-state index >= 15 is 0 Å². The van der Waals surface area contributed by atoms with Gasteiger partial charge in [-0.25, -0.2) is 4.79 Å². The Bertz CT molecular complexity index is 552. The van der Waals surface area contributed by atoms with Gasteiger partial charge in [-0.15, -0.1) is 0 Å². The number of alkyl carbamates (subject to hydrolysis) is 1. The van der Waals surface area contributed by atoms with Crippen molar-refractivity contribution in [3.05, 3.63) is 29.6 Å². The summed E-state index contributed by atoms with van der Waals surface area (Å²) in [6.07, 6.45) is 4.15. The summed E-state index contributed by atoms with van der Waals surface area (Å²) in [5, 5.41) is 9.09. The van der Waals surface area contributed by atoms with Crippen LogP contribution in [0.3, 0.4) is 0 Å². The van der Waals surface area contributed by atoms with Gasteiger partial charge in [0.25, 0.3) is 0 Å². The van der Waals surface area contributed by atoms with E-state index in [0.717, 1.165) is 13.0 Å². The van der Waals surface area contributed by atoms with E-state index in [9.17, 15) is 4.79 Å². The number of guanidine groups is 1. The minimum absolute atomic E-state index is 0.416. The van der Waals surface area contributed by atoms with E-state index in [-0.39, 0.29) is 0 Å². The molecule has 3 N–H and O–H groups in total. The number of carbonyl (C=O) groups excluding carboxylic acids is 1. The van der Waals surface area contributed by atoms with Crippen LogP contribution in [-0.4, -0.2) is 49.3 Å². The number of aliphatic imine (C=N–C) groups is 1. The summed E-state index contributed by atoms with van der Waals surface area (Å²) in [6.45, 7) is 9.34. The van der Waals surface area contributed by atoms with E-state index in [0.29, 0.717) is 19.0 Å². The molecule has 0 atom stereocenters. The first-order valence-electron chi connectivity index (χ1n) is 8.12. The van der Waals surface area contributed by atoms with Crippen molar-refractivity contribution in [3.63, 3.8) is 0 Å². The summed E-state index contributed by atoms with van der Waals surface area (Å²) in [6, 6.07) is 2.03. The number of hydrogen-bond acceptors (Lipinski definition) is 4. The molecule has 134 valence electrons. The Morgan fingerprint density at radius 2 is 1.88 bits per heavy atom. The molecule has 7 heteroatoms. The second-order valence-corrected chi connectivity index (χ2v) is 6.41. The van der Waals surface area contributed by atoms with Crippen molar-refractivity contribution in [2.24, 2.45) is 4.99 Å². The van der Waals surface area contributed by atoms with Gasteiger partial charge in [0.1, 0.15) is 5.60 Å². The molecule has 0 aliphatic carbocycles. The van der Waals surface area contributed by atoms with E-state index in [1.165, 1.54) is 11.1 Å². The van der Waals surface area contributed by atoms with E-state index < -0.39 is 11.7 Å². The van der Waals surface area contributed by atoms with Crippen molar-refractivity contribution in [2.75, 3.05) is 26.7 Å². The third kappa shape index (κ3) is 8.36. The molecule has 0 saturated heterocycles. The van der Waals surface area contributed by atoms with Gasteiger partial charge in [0.2, 0.25) is 0 Å². The van der Waals surface area contributed by atoms with Gasteiger partial charge in [0.15, 0.2) is 5.96 Å². The summed E-state index contributed by atoms with van der Waals surface area (Å²) in [4.78, 5) is 19.8. The molecule has 0 unspecified atom stereocenters. The maximum Gasteiger partial charge on any atom is 0.407 e. The maximum absolute atomic E-state index is 11.5. The second kappa shape index (κ2) is 9.75. The predicted octanol–water partition coefficient (Wildman–Crippen LogP) is 1.62. The molecule has 0 aromatic carbocycles. The molecule has 0 spiro atoms. The first-order valence-corrected chi connectivity index (χ1v) is 8.12. The molecule has 1 aromatic heterocycles. The van der Waals surface area contributed by atoms with Gasteiger partial charge in [-0.05, 0) is 51.3 Å². The summed E-state index contributed by atoms with van der Waals surface area (Å²) >= 11 is 0. The Labute approximate surface area is 144 Å². The van der Waals surface area contributed by atoms with Crippen molar-refractivity contribution in [1.29, 1.82) is 0 Å². The highest BCUT2D eigenvalue weighted by atomic mass is 16.6. The molecular formula is C17H29N5O2. The summed E-state index contributed by atoms with van der Waals surface area (Å²) in [7, 11) is 1.72. The van der Waals surface area contributed by atoms with Crippen LogP contribution in [0.2, 0.25) is 0 Å². The van der Waals surface area contributed by atoms with E-state index in [2.05, 4.69) is 32.9 Å². The number of ether oxygens (including phenoxy) is 1. The van der Waals surface area contributed by atoms with Crippen LogP contribution in [0.25, 0.3) is 0 Å². The van der Waals surface area contributed by atoms with Crippen molar-refractivity contribution in [3.8, 4) is 0 Å². The summed E-state index contributed by atoms with van der Waals surface area (Å²) in [5.41, 5.74) is 1.96. The average Bonchev–Trinajstić information content (AvgIpc) is 2.49. The molecule has 0 aliphatic rings.